The zero-order valence-corrected chi connectivity index (χ0v) is 14.1. The van der Waals surface area contributed by atoms with Crippen LogP contribution in [0.3, 0.4) is 0 Å². The molecule has 1 amide bonds. The molecule has 0 bridgehead atoms. The van der Waals surface area contributed by atoms with Gasteiger partial charge in [0.25, 0.3) is 5.91 Å². The number of rotatable bonds is 3. The van der Waals surface area contributed by atoms with Crippen molar-refractivity contribution in [3.63, 3.8) is 0 Å². The highest BCUT2D eigenvalue weighted by Crippen LogP contribution is 2.28. The second-order valence-electron chi connectivity index (χ2n) is 7.46. The summed E-state index contributed by atoms with van der Waals surface area (Å²) in [6.07, 6.45) is 0.896. The smallest absolute Gasteiger partial charge is 0.268 e. The molecule has 1 aromatic carbocycles. The van der Waals surface area contributed by atoms with Gasteiger partial charge < -0.3 is 10.3 Å². The summed E-state index contributed by atoms with van der Waals surface area (Å²) in [5, 5.41) is 4.67. The highest BCUT2D eigenvalue weighted by Gasteiger charge is 2.27. The van der Waals surface area contributed by atoms with Crippen molar-refractivity contribution in [2.75, 3.05) is 0 Å². The summed E-state index contributed by atoms with van der Waals surface area (Å²) in [7, 11) is 0. The number of carbonyl (C=O) groups is 1. The van der Waals surface area contributed by atoms with Crippen LogP contribution in [0.1, 0.15) is 51.5 Å². The number of aromatic amines is 1. The Labute approximate surface area is 131 Å². The van der Waals surface area contributed by atoms with Crippen molar-refractivity contribution < 1.29 is 4.79 Å². The molecule has 1 heterocycles. The second kappa shape index (κ2) is 5.38. The van der Waals surface area contributed by atoms with Crippen molar-refractivity contribution in [3.8, 4) is 0 Å². The van der Waals surface area contributed by atoms with E-state index in [-0.39, 0.29) is 16.9 Å². The summed E-state index contributed by atoms with van der Waals surface area (Å²) in [5.41, 5.74) is 1.23. The Morgan fingerprint density at radius 1 is 1.24 bits per heavy atom. The van der Waals surface area contributed by atoms with Crippen LogP contribution in [-0.4, -0.2) is 16.4 Å². The molecule has 2 rings (SSSR count). The topological polar surface area (TPSA) is 44.9 Å². The van der Waals surface area contributed by atoms with Gasteiger partial charge in [-0.25, -0.2) is 0 Å². The van der Waals surface area contributed by atoms with Crippen molar-refractivity contribution in [2.24, 2.45) is 5.41 Å². The summed E-state index contributed by atoms with van der Waals surface area (Å²) in [4.78, 5) is 15.5. The lowest BCUT2D eigenvalue weighted by molar-refractivity contribution is 0.0887. The van der Waals surface area contributed by atoms with E-state index in [4.69, 9.17) is 11.6 Å². The van der Waals surface area contributed by atoms with Gasteiger partial charge in [0.05, 0.1) is 10.5 Å². The van der Waals surface area contributed by atoms with Gasteiger partial charge in [0, 0.05) is 10.9 Å². The number of H-pyrrole nitrogens is 1. The Balaban J connectivity index is 2.21. The molecule has 0 atom stereocenters. The molecule has 0 radical (unpaired) electrons. The fourth-order valence-corrected chi connectivity index (χ4v) is 3.22. The molecule has 3 nitrogen and oxygen atoms in total. The second-order valence-corrected chi connectivity index (χ2v) is 7.87. The van der Waals surface area contributed by atoms with Gasteiger partial charge in [0.1, 0.15) is 5.69 Å². The number of hydrogen-bond donors (Lipinski definition) is 2. The van der Waals surface area contributed by atoms with Gasteiger partial charge in [-0.15, -0.1) is 0 Å². The first kappa shape index (κ1) is 15.9. The van der Waals surface area contributed by atoms with Crippen molar-refractivity contribution >= 4 is 28.4 Å². The number of nitrogens with one attached hydrogen (secondary N) is 2. The quantitative estimate of drug-likeness (QED) is 0.843. The SMILES string of the molecule is CC(C)(C)CC(C)(C)NC(=O)c1cc2cccc(Cl)c2[nH]1. The third-order valence-corrected chi connectivity index (χ3v) is 3.59. The molecule has 0 unspecified atom stereocenters. The minimum atomic E-state index is -0.267. The monoisotopic (exact) mass is 306 g/mol. The minimum absolute atomic E-state index is 0.100. The van der Waals surface area contributed by atoms with Crippen LogP contribution >= 0.6 is 11.6 Å². The van der Waals surface area contributed by atoms with E-state index >= 15 is 0 Å². The van der Waals surface area contributed by atoms with Gasteiger partial charge >= 0.3 is 0 Å². The van der Waals surface area contributed by atoms with Gasteiger partial charge in [-0.3, -0.25) is 4.79 Å². The third kappa shape index (κ3) is 4.01. The first-order valence-electron chi connectivity index (χ1n) is 7.17. The van der Waals surface area contributed by atoms with Crippen LogP contribution in [0.15, 0.2) is 24.3 Å². The first-order chi connectivity index (χ1) is 9.57. The average molecular weight is 307 g/mol. The van der Waals surface area contributed by atoms with Crippen LogP contribution in [0.2, 0.25) is 5.02 Å². The maximum atomic E-state index is 12.4. The van der Waals surface area contributed by atoms with Gasteiger partial charge in [-0.1, -0.05) is 44.5 Å². The molecule has 0 saturated heterocycles. The molecule has 4 heteroatoms. The zero-order valence-electron chi connectivity index (χ0n) is 13.3. The predicted molar refractivity (Wildman–Crippen MR) is 88.9 cm³/mol. The average Bonchev–Trinajstić information content (AvgIpc) is 2.70. The molecule has 2 N–H and O–H groups in total. The number of aromatic nitrogens is 1. The van der Waals surface area contributed by atoms with E-state index in [1.165, 1.54) is 0 Å². The molecule has 21 heavy (non-hydrogen) atoms. The van der Waals surface area contributed by atoms with Crippen molar-refractivity contribution in [1.29, 1.82) is 0 Å². The van der Waals surface area contributed by atoms with Gasteiger partial charge in [0.15, 0.2) is 0 Å². The number of carbonyl (C=O) groups excluding carboxylic acids is 1. The summed E-state index contributed by atoms with van der Waals surface area (Å²) < 4.78 is 0. The van der Waals surface area contributed by atoms with Crippen molar-refractivity contribution in [3.05, 3.63) is 35.0 Å². The zero-order chi connectivity index (χ0) is 15.8. The summed E-state index contributed by atoms with van der Waals surface area (Å²) in [6, 6.07) is 7.47. The Hall–Kier alpha value is -1.48. The molecule has 0 aliphatic heterocycles. The standard InChI is InChI=1S/C17H23ClN2O/c1-16(2,3)10-17(4,5)20-15(21)13-9-11-7-6-8-12(18)14(11)19-13/h6-9,19H,10H2,1-5H3,(H,20,21). The Morgan fingerprint density at radius 2 is 1.90 bits per heavy atom. The van der Waals surface area contributed by atoms with E-state index in [9.17, 15) is 4.79 Å². The molecule has 0 aliphatic carbocycles. The van der Waals surface area contributed by atoms with E-state index in [0.717, 1.165) is 17.3 Å². The maximum absolute atomic E-state index is 12.4. The Bertz CT molecular complexity index is 665. The lowest BCUT2D eigenvalue weighted by Gasteiger charge is -2.33. The van der Waals surface area contributed by atoms with Crippen LogP contribution in [0.4, 0.5) is 0 Å². The molecule has 0 fully saturated rings. The molecular formula is C17H23ClN2O. The molecule has 1 aromatic heterocycles. The molecule has 0 aliphatic rings. The molecule has 114 valence electrons. The number of halogens is 1. The van der Waals surface area contributed by atoms with Crippen LogP contribution < -0.4 is 5.32 Å². The van der Waals surface area contributed by atoms with Crippen LogP contribution in [0.5, 0.6) is 0 Å². The van der Waals surface area contributed by atoms with Crippen LogP contribution in [0.25, 0.3) is 10.9 Å². The van der Waals surface area contributed by atoms with Crippen molar-refractivity contribution in [2.45, 2.75) is 46.6 Å². The molecule has 0 spiro atoms. The predicted octanol–water partition coefficient (Wildman–Crippen LogP) is 4.77. The van der Waals surface area contributed by atoms with Gasteiger partial charge in [0.2, 0.25) is 0 Å². The summed E-state index contributed by atoms with van der Waals surface area (Å²) in [5.74, 6) is -0.100. The fourth-order valence-electron chi connectivity index (χ4n) is 2.99. The molecule has 2 aromatic rings. The van der Waals surface area contributed by atoms with E-state index in [1.54, 1.807) is 0 Å². The normalized spacial score (nSPS) is 12.7. The minimum Gasteiger partial charge on any atom is -0.349 e. The van der Waals surface area contributed by atoms with Crippen molar-refractivity contribution in [1.82, 2.24) is 10.3 Å². The third-order valence-electron chi connectivity index (χ3n) is 3.27. The van der Waals surface area contributed by atoms with E-state index in [2.05, 4.69) is 31.1 Å². The molecule has 0 saturated carbocycles. The van der Waals surface area contributed by atoms with Crippen LogP contribution in [-0.2, 0) is 0 Å². The summed E-state index contributed by atoms with van der Waals surface area (Å²) >= 11 is 6.13. The number of benzene rings is 1. The lowest BCUT2D eigenvalue weighted by atomic mass is 9.82. The van der Waals surface area contributed by atoms with E-state index in [1.807, 2.05) is 38.1 Å². The van der Waals surface area contributed by atoms with Crippen LogP contribution in [0, 0.1) is 5.41 Å². The Kier molecular flexibility index (Phi) is 4.07. The van der Waals surface area contributed by atoms with E-state index < -0.39 is 0 Å². The number of para-hydroxylation sites is 1. The summed E-state index contributed by atoms with van der Waals surface area (Å²) in [6.45, 7) is 10.6. The maximum Gasteiger partial charge on any atom is 0.268 e. The van der Waals surface area contributed by atoms with E-state index in [0.29, 0.717) is 10.7 Å². The Morgan fingerprint density at radius 3 is 2.48 bits per heavy atom. The number of fused-ring (bicyclic) bond motifs is 1. The largest absolute Gasteiger partial charge is 0.349 e. The highest BCUT2D eigenvalue weighted by atomic mass is 35.5. The molecular weight excluding hydrogens is 284 g/mol. The van der Waals surface area contributed by atoms with Gasteiger partial charge in [-0.05, 0) is 37.8 Å². The lowest BCUT2D eigenvalue weighted by Crippen LogP contribution is -2.45. The number of hydrogen-bond acceptors (Lipinski definition) is 1. The number of amides is 1. The highest BCUT2D eigenvalue weighted by molar-refractivity contribution is 6.35. The first-order valence-corrected chi connectivity index (χ1v) is 7.55. The fraction of sp³-hybridized carbons (Fsp3) is 0.471. The van der Waals surface area contributed by atoms with Gasteiger partial charge in [-0.2, -0.15) is 0 Å².